The predicted molar refractivity (Wildman–Crippen MR) is 111 cm³/mol. The Labute approximate surface area is 179 Å². The van der Waals surface area contributed by atoms with Crippen LogP contribution < -0.4 is 24.8 Å². The number of carbonyl (C=O) groups excluding carboxylic acids is 3. The highest BCUT2D eigenvalue weighted by atomic mass is 16.7. The Kier molecular flexibility index (Phi) is 6.21. The zero-order chi connectivity index (χ0) is 21.6. The second-order valence-corrected chi connectivity index (χ2v) is 7.34. The van der Waals surface area contributed by atoms with E-state index in [2.05, 4.69) is 10.6 Å². The lowest BCUT2D eigenvalue weighted by molar-refractivity contribution is -0.136. The SMILES string of the molecule is O=C(NCC1CCN(C(=O)Oc2ccccc2)CC1)C(=O)Nc1ccc2c(c1)OCO2. The summed E-state index contributed by atoms with van der Waals surface area (Å²) >= 11 is 0. The predicted octanol–water partition coefficient (Wildman–Crippen LogP) is 2.38. The van der Waals surface area contributed by atoms with Gasteiger partial charge in [-0.05, 0) is 43.0 Å². The van der Waals surface area contributed by atoms with E-state index in [0.29, 0.717) is 55.4 Å². The third kappa shape index (κ3) is 5.25. The largest absolute Gasteiger partial charge is 0.454 e. The molecule has 0 saturated carbocycles. The number of amides is 3. The van der Waals surface area contributed by atoms with E-state index in [1.54, 1.807) is 47.4 Å². The average molecular weight is 425 g/mol. The molecule has 3 amide bonds. The molecule has 0 radical (unpaired) electrons. The van der Waals surface area contributed by atoms with Crippen LogP contribution in [0.25, 0.3) is 0 Å². The van der Waals surface area contributed by atoms with Crippen LogP contribution in [0.2, 0.25) is 0 Å². The molecule has 0 atom stereocenters. The van der Waals surface area contributed by atoms with E-state index in [-0.39, 0.29) is 18.8 Å². The first-order valence-corrected chi connectivity index (χ1v) is 10.1. The number of para-hydroxylation sites is 1. The summed E-state index contributed by atoms with van der Waals surface area (Å²) in [7, 11) is 0. The fourth-order valence-corrected chi connectivity index (χ4v) is 3.45. The van der Waals surface area contributed by atoms with Crippen LogP contribution in [0.3, 0.4) is 0 Å². The summed E-state index contributed by atoms with van der Waals surface area (Å²) in [5.41, 5.74) is 0.453. The zero-order valence-electron chi connectivity index (χ0n) is 16.8. The smallest absolute Gasteiger partial charge is 0.415 e. The number of anilines is 1. The summed E-state index contributed by atoms with van der Waals surface area (Å²) in [6, 6.07) is 13.9. The van der Waals surface area contributed by atoms with Crippen LogP contribution in [0.15, 0.2) is 48.5 Å². The summed E-state index contributed by atoms with van der Waals surface area (Å²) in [6.07, 6.45) is 1.05. The number of nitrogens with one attached hydrogen (secondary N) is 2. The number of likely N-dealkylation sites (tertiary alicyclic amines) is 1. The van der Waals surface area contributed by atoms with E-state index < -0.39 is 11.8 Å². The van der Waals surface area contributed by atoms with E-state index in [0.717, 1.165) is 0 Å². The fraction of sp³-hybridized carbons (Fsp3) is 0.318. The Morgan fingerprint density at radius 3 is 2.48 bits per heavy atom. The van der Waals surface area contributed by atoms with Crippen molar-refractivity contribution in [3.05, 3.63) is 48.5 Å². The molecule has 0 unspecified atom stereocenters. The van der Waals surface area contributed by atoms with Gasteiger partial charge in [0.25, 0.3) is 0 Å². The molecule has 1 fully saturated rings. The lowest BCUT2D eigenvalue weighted by Gasteiger charge is -2.31. The van der Waals surface area contributed by atoms with Crippen molar-refractivity contribution in [3.8, 4) is 17.2 Å². The van der Waals surface area contributed by atoms with E-state index in [4.69, 9.17) is 14.2 Å². The van der Waals surface area contributed by atoms with Gasteiger partial charge in [-0.15, -0.1) is 0 Å². The molecule has 2 aromatic rings. The third-order valence-electron chi connectivity index (χ3n) is 5.21. The molecule has 9 nitrogen and oxygen atoms in total. The van der Waals surface area contributed by atoms with E-state index >= 15 is 0 Å². The second kappa shape index (κ2) is 9.38. The molecule has 2 heterocycles. The first kappa shape index (κ1) is 20.5. The highest BCUT2D eigenvalue weighted by Crippen LogP contribution is 2.34. The molecule has 0 aliphatic carbocycles. The molecule has 0 bridgehead atoms. The summed E-state index contributed by atoms with van der Waals surface area (Å²) < 4.78 is 15.8. The maximum absolute atomic E-state index is 12.2. The third-order valence-corrected chi connectivity index (χ3v) is 5.21. The van der Waals surface area contributed by atoms with Crippen molar-refractivity contribution in [1.29, 1.82) is 0 Å². The lowest BCUT2D eigenvalue weighted by atomic mass is 9.97. The van der Waals surface area contributed by atoms with E-state index in [1.165, 1.54) is 0 Å². The number of nitrogens with zero attached hydrogens (tertiary/aromatic N) is 1. The molecule has 0 aromatic heterocycles. The topological polar surface area (TPSA) is 106 Å². The number of rotatable bonds is 4. The second-order valence-electron chi connectivity index (χ2n) is 7.34. The van der Waals surface area contributed by atoms with Gasteiger partial charge in [-0.1, -0.05) is 18.2 Å². The van der Waals surface area contributed by atoms with Crippen LogP contribution in [-0.2, 0) is 9.59 Å². The lowest BCUT2D eigenvalue weighted by Crippen LogP contribution is -2.44. The van der Waals surface area contributed by atoms with Crippen molar-refractivity contribution in [2.24, 2.45) is 5.92 Å². The summed E-state index contributed by atoms with van der Waals surface area (Å²) in [4.78, 5) is 38.2. The number of hydrogen-bond donors (Lipinski definition) is 2. The molecule has 0 spiro atoms. The molecule has 2 aromatic carbocycles. The number of fused-ring (bicyclic) bond motifs is 1. The molecule has 162 valence electrons. The normalized spacial score (nSPS) is 15.3. The van der Waals surface area contributed by atoms with Gasteiger partial charge >= 0.3 is 17.9 Å². The number of hydrogen-bond acceptors (Lipinski definition) is 6. The molecule has 9 heteroatoms. The van der Waals surface area contributed by atoms with Crippen molar-refractivity contribution in [1.82, 2.24) is 10.2 Å². The standard InChI is InChI=1S/C22H23N3O6/c26-20(21(27)24-16-6-7-18-19(12-16)30-14-29-18)23-13-15-8-10-25(11-9-15)22(28)31-17-4-2-1-3-5-17/h1-7,12,15H,8-11,13-14H2,(H,23,26)(H,24,27). The Bertz CT molecular complexity index is 957. The molecule has 2 aliphatic heterocycles. The van der Waals surface area contributed by atoms with Crippen LogP contribution >= 0.6 is 0 Å². The van der Waals surface area contributed by atoms with E-state index in [9.17, 15) is 14.4 Å². The summed E-state index contributed by atoms with van der Waals surface area (Å²) in [5, 5.41) is 5.22. The van der Waals surface area contributed by atoms with Gasteiger partial charge in [0, 0.05) is 31.4 Å². The minimum atomic E-state index is -0.747. The van der Waals surface area contributed by atoms with Gasteiger partial charge < -0.3 is 29.7 Å². The number of carbonyl (C=O) groups is 3. The van der Waals surface area contributed by atoms with Gasteiger partial charge in [0.2, 0.25) is 6.79 Å². The Hall–Kier alpha value is -3.75. The Morgan fingerprint density at radius 1 is 0.968 bits per heavy atom. The van der Waals surface area contributed by atoms with Gasteiger partial charge in [-0.3, -0.25) is 9.59 Å². The molecule has 4 rings (SSSR count). The van der Waals surface area contributed by atoms with Crippen molar-refractivity contribution >= 4 is 23.6 Å². The van der Waals surface area contributed by atoms with E-state index in [1.807, 2.05) is 6.07 Å². The van der Waals surface area contributed by atoms with Gasteiger partial charge in [-0.2, -0.15) is 0 Å². The quantitative estimate of drug-likeness (QED) is 0.729. The summed E-state index contributed by atoms with van der Waals surface area (Å²) in [5.74, 6) is 0.363. The molecular weight excluding hydrogens is 402 g/mol. The minimum absolute atomic E-state index is 0.135. The maximum atomic E-state index is 12.2. The number of piperidine rings is 1. The van der Waals surface area contributed by atoms with Crippen molar-refractivity contribution in [3.63, 3.8) is 0 Å². The van der Waals surface area contributed by atoms with Crippen LogP contribution in [0, 0.1) is 5.92 Å². The van der Waals surface area contributed by atoms with Crippen LogP contribution in [-0.4, -0.2) is 49.2 Å². The Morgan fingerprint density at radius 2 is 1.71 bits per heavy atom. The van der Waals surface area contributed by atoms with Crippen molar-refractivity contribution < 1.29 is 28.6 Å². The monoisotopic (exact) mass is 425 g/mol. The fourth-order valence-electron chi connectivity index (χ4n) is 3.45. The van der Waals surface area contributed by atoms with Gasteiger partial charge in [-0.25, -0.2) is 4.79 Å². The molecular formula is C22H23N3O6. The Balaban J connectivity index is 1.18. The first-order chi connectivity index (χ1) is 15.1. The molecule has 2 aliphatic rings. The first-order valence-electron chi connectivity index (χ1n) is 10.1. The number of benzene rings is 2. The minimum Gasteiger partial charge on any atom is -0.454 e. The van der Waals surface area contributed by atoms with Crippen molar-refractivity contribution in [2.45, 2.75) is 12.8 Å². The maximum Gasteiger partial charge on any atom is 0.415 e. The summed E-state index contributed by atoms with van der Waals surface area (Å²) in [6.45, 7) is 1.58. The zero-order valence-corrected chi connectivity index (χ0v) is 16.8. The van der Waals surface area contributed by atoms with Crippen LogP contribution in [0.4, 0.5) is 10.5 Å². The van der Waals surface area contributed by atoms with Gasteiger partial charge in [0.05, 0.1) is 0 Å². The van der Waals surface area contributed by atoms with Crippen LogP contribution in [0.5, 0.6) is 17.2 Å². The highest BCUT2D eigenvalue weighted by Gasteiger charge is 2.25. The average Bonchev–Trinajstić information content (AvgIpc) is 3.26. The molecule has 31 heavy (non-hydrogen) atoms. The van der Waals surface area contributed by atoms with Crippen LogP contribution in [0.1, 0.15) is 12.8 Å². The molecule has 1 saturated heterocycles. The van der Waals surface area contributed by atoms with Gasteiger partial charge in [0.1, 0.15) is 5.75 Å². The molecule has 2 N–H and O–H groups in total. The van der Waals surface area contributed by atoms with Gasteiger partial charge in [0.15, 0.2) is 11.5 Å². The number of ether oxygens (including phenoxy) is 3. The van der Waals surface area contributed by atoms with Crippen molar-refractivity contribution in [2.75, 3.05) is 31.7 Å². The highest BCUT2D eigenvalue weighted by molar-refractivity contribution is 6.39.